The predicted octanol–water partition coefficient (Wildman–Crippen LogP) is 5.06. The van der Waals surface area contributed by atoms with Gasteiger partial charge in [-0.3, -0.25) is 0 Å². The Morgan fingerprint density at radius 2 is 1.66 bits per heavy atom. The van der Waals surface area contributed by atoms with Crippen molar-refractivity contribution in [2.75, 3.05) is 0 Å². The van der Waals surface area contributed by atoms with Crippen LogP contribution in [0.2, 0.25) is 5.02 Å². The van der Waals surface area contributed by atoms with Crippen LogP contribution in [-0.4, -0.2) is 17.7 Å². The minimum absolute atomic E-state index is 0.101. The highest BCUT2D eigenvalue weighted by Gasteiger charge is 2.46. The van der Waals surface area contributed by atoms with Gasteiger partial charge in [0.15, 0.2) is 0 Å². The zero-order valence-corrected chi connectivity index (χ0v) is 16.6. The summed E-state index contributed by atoms with van der Waals surface area (Å²) < 4.78 is 16.8. The third-order valence-corrected chi connectivity index (χ3v) is 5.35. The fourth-order valence-corrected chi connectivity index (χ4v) is 3.70. The Hall–Kier alpha value is -2.79. The van der Waals surface area contributed by atoms with E-state index in [0.717, 1.165) is 24.8 Å². The van der Waals surface area contributed by atoms with Crippen LogP contribution in [0.3, 0.4) is 0 Å². The molecule has 0 radical (unpaired) electrons. The fourth-order valence-electron chi connectivity index (χ4n) is 3.57. The topological polar surface area (TPSA) is 61.8 Å². The first-order valence-electron chi connectivity index (χ1n) is 9.69. The molecular formula is C23H21ClO5. The Morgan fingerprint density at radius 1 is 0.966 bits per heavy atom. The summed E-state index contributed by atoms with van der Waals surface area (Å²) in [6.07, 6.45) is 5.43. The average Bonchev–Trinajstić information content (AvgIpc) is 2.71. The van der Waals surface area contributed by atoms with Crippen LogP contribution in [0.25, 0.3) is 6.08 Å². The van der Waals surface area contributed by atoms with Crippen molar-refractivity contribution >= 4 is 29.6 Å². The summed E-state index contributed by atoms with van der Waals surface area (Å²) >= 11 is 5.89. The lowest BCUT2D eigenvalue weighted by atomic mass is 9.93. The van der Waals surface area contributed by atoms with Crippen molar-refractivity contribution in [1.29, 1.82) is 0 Å². The van der Waals surface area contributed by atoms with Gasteiger partial charge in [-0.1, -0.05) is 42.3 Å². The third-order valence-electron chi connectivity index (χ3n) is 5.10. The Morgan fingerprint density at radius 3 is 2.34 bits per heavy atom. The Bertz CT molecular complexity index is 920. The number of ether oxygens (including phenoxy) is 3. The second-order valence-electron chi connectivity index (χ2n) is 7.30. The summed E-state index contributed by atoms with van der Waals surface area (Å²) in [5.74, 6) is -1.71. The van der Waals surface area contributed by atoms with Gasteiger partial charge in [0.1, 0.15) is 17.9 Å². The maximum Gasteiger partial charge on any atom is 0.348 e. The van der Waals surface area contributed by atoms with E-state index >= 15 is 0 Å². The van der Waals surface area contributed by atoms with Crippen molar-refractivity contribution in [1.82, 2.24) is 0 Å². The van der Waals surface area contributed by atoms with Gasteiger partial charge in [0.05, 0.1) is 0 Å². The normalized spacial score (nSPS) is 18.2. The third kappa shape index (κ3) is 4.62. The first kappa shape index (κ1) is 19.5. The fraction of sp³-hybridized carbons (Fsp3) is 0.304. The largest absolute Gasteiger partial charge is 0.489 e. The molecule has 1 aliphatic carbocycles. The molecule has 1 spiro atoms. The van der Waals surface area contributed by atoms with Crippen molar-refractivity contribution in [2.24, 2.45) is 0 Å². The van der Waals surface area contributed by atoms with Gasteiger partial charge >= 0.3 is 11.9 Å². The molecule has 1 saturated carbocycles. The molecule has 2 fully saturated rings. The van der Waals surface area contributed by atoms with Gasteiger partial charge in [0.2, 0.25) is 0 Å². The van der Waals surface area contributed by atoms with E-state index in [0.29, 0.717) is 35.8 Å². The highest BCUT2D eigenvalue weighted by Crippen LogP contribution is 2.37. The molecule has 2 aromatic carbocycles. The number of esters is 2. The van der Waals surface area contributed by atoms with E-state index in [-0.39, 0.29) is 5.57 Å². The molecule has 4 rings (SSSR count). The average molecular weight is 413 g/mol. The molecule has 1 saturated heterocycles. The molecule has 5 nitrogen and oxygen atoms in total. The van der Waals surface area contributed by atoms with E-state index < -0.39 is 17.7 Å². The number of rotatable bonds is 4. The molecule has 0 atom stereocenters. The lowest BCUT2D eigenvalue weighted by Gasteiger charge is -2.38. The van der Waals surface area contributed by atoms with Crippen molar-refractivity contribution in [3.8, 4) is 5.75 Å². The first-order valence-corrected chi connectivity index (χ1v) is 10.1. The molecule has 0 amide bonds. The van der Waals surface area contributed by atoms with Crippen molar-refractivity contribution < 1.29 is 23.8 Å². The van der Waals surface area contributed by atoms with Gasteiger partial charge in [-0.2, -0.15) is 0 Å². The summed E-state index contributed by atoms with van der Waals surface area (Å²) in [6.45, 7) is 0.379. The summed E-state index contributed by atoms with van der Waals surface area (Å²) in [4.78, 5) is 24.9. The molecule has 2 aromatic rings. The van der Waals surface area contributed by atoms with Gasteiger partial charge in [-0.05, 0) is 54.3 Å². The predicted molar refractivity (Wildman–Crippen MR) is 108 cm³/mol. The summed E-state index contributed by atoms with van der Waals surface area (Å²) in [5, 5.41) is 0.670. The van der Waals surface area contributed by atoms with Gasteiger partial charge in [0.25, 0.3) is 5.79 Å². The van der Waals surface area contributed by atoms with E-state index in [2.05, 4.69) is 0 Å². The highest BCUT2D eigenvalue weighted by atomic mass is 35.5. The maximum atomic E-state index is 12.5. The molecule has 0 N–H and O–H groups in total. The number of hydrogen-bond donors (Lipinski definition) is 0. The van der Waals surface area contributed by atoms with Crippen LogP contribution >= 0.6 is 11.6 Å². The summed E-state index contributed by atoms with van der Waals surface area (Å²) in [7, 11) is 0. The van der Waals surface area contributed by atoms with E-state index in [1.807, 2.05) is 18.2 Å². The molecule has 0 bridgehead atoms. The smallest absolute Gasteiger partial charge is 0.348 e. The molecule has 150 valence electrons. The highest BCUT2D eigenvalue weighted by molar-refractivity contribution is 6.30. The number of carbonyl (C=O) groups excluding carboxylic acids is 2. The van der Waals surface area contributed by atoms with Crippen molar-refractivity contribution in [2.45, 2.75) is 44.5 Å². The van der Waals surface area contributed by atoms with Crippen LogP contribution in [0.15, 0.2) is 54.1 Å². The second kappa shape index (κ2) is 8.29. The Labute approximate surface area is 174 Å². The summed E-state index contributed by atoms with van der Waals surface area (Å²) in [5.41, 5.74) is 1.54. The number of halogens is 1. The zero-order valence-electron chi connectivity index (χ0n) is 15.9. The first-order chi connectivity index (χ1) is 14.0. The van der Waals surface area contributed by atoms with E-state index in [1.165, 1.54) is 6.08 Å². The number of benzene rings is 2. The molecule has 6 heteroatoms. The van der Waals surface area contributed by atoms with Gasteiger partial charge in [-0.15, -0.1) is 0 Å². The quantitative estimate of drug-likeness (QED) is 0.399. The zero-order chi connectivity index (χ0) is 20.3. The Balaban J connectivity index is 1.46. The van der Waals surface area contributed by atoms with Crippen LogP contribution in [0.5, 0.6) is 5.75 Å². The maximum absolute atomic E-state index is 12.5. The molecule has 1 aliphatic heterocycles. The molecule has 0 aromatic heterocycles. The van der Waals surface area contributed by atoms with E-state index in [4.69, 9.17) is 25.8 Å². The van der Waals surface area contributed by atoms with E-state index in [9.17, 15) is 9.59 Å². The number of hydrogen-bond acceptors (Lipinski definition) is 5. The van der Waals surface area contributed by atoms with Crippen LogP contribution in [-0.2, 0) is 25.7 Å². The van der Waals surface area contributed by atoms with Crippen LogP contribution in [0.4, 0.5) is 0 Å². The van der Waals surface area contributed by atoms with E-state index in [1.54, 1.807) is 30.3 Å². The minimum Gasteiger partial charge on any atom is -0.489 e. The Kier molecular flexibility index (Phi) is 5.58. The molecule has 1 heterocycles. The number of carbonyl (C=O) groups is 2. The van der Waals surface area contributed by atoms with Crippen LogP contribution in [0.1, 0.15) is 43.2 Å². The SMILES string of the molecule is O=C1OC2(CCCCC2)OC(=O)C1=Cc1cccc(OCc2ccc(Cl)cc2)c1. The monoisotopic (exact) mass is 412 g/mol. The van der Waals surface area contributed by atoms with Gasteiger partial charge < -0.3 is 14.2 Å². The summed E-state index contributed by atoms with van der Waals surface area (Å²) in [6, 6.07) is 14.5. The van der Waals surface area contributed by atoms with Crippen molar-refractivity contribution in [3.63, 3.8) is 0 Å². The molecule has 0 unspecified atom stereocenters. The molecule has 2 aliphatic rings. The molecular weight excluding hydrogens is 392 g/mol. The minimum atomic E-state index is -1.08. The lowest BCUT2D eigenvalue weighted by molar-refractivity contribution is -0.244. The van der Waals surface area contributed by atoms with Gasteiger partial charge in [0, 0.05) is 17.9 Å². The lowest BCUT2D eigenvalue weighted by Crippen LogP contribution is -2.47. The second-order valence-corrected chi connectivity index (χ2v) is 7.73. The van der Waals surface area contributed by atoms with Crippen LogP contribution in [0, 0.1) is 0 Å². The standard InChI is InChI=1S/C23H21ClO5/c24-18-9-7-16(8-10-18)15-27-19-6-4-5-17(13-19)14-20-21(25)28-23(29-22(20)26)11-2-1-3-12-23/h4-10,13-14H,1-3,11-12,15H2. The van der Waals surface area contributed by atoms with Crippen LogP contribution < -0.4 is 4.74 Å². The van der Waals surface area contributed by atoms with Gasteiger partial charge in [-0.25, -0.2) is 9.59 Å². The van der Waals surface area contributed by atoms with Crippen molar-refractivity contribution in [3.05, 3.63) is 70.3 Å². The molecule has 29 heavy (non-hydrogen) atoms.